The molecule has 5 nitrogen and oxygen atoms in total. The largest absolute Gasteiger partial charge is 0.465 e. The fourth-order valence-electron chi connectivity index (χ4n) is 2.15. The summed E-state index contributed by atoms with van der Waals surface area (Å²) < 4.78 is 4.77. The van der Waals surface area contributed by atoms with E-state index in [0.29, 0.717) is 17.1 Å². The maximum atomic E-state index is 11.8. The van der Waals surface area contributed by atoms with Gasteiger partial charge < -0.3 is 15.8 Å². The minimum Gasteiger partial charge on any atom is -0.465 e. The number of ether oxygens (including phenoxy) is 1. The van der Waals surface area contributed by atoms with Crippen LogP contribution in [0.5, 0.6) is 0 Å². The van der Waals surface area contributed by atoms with Crippen LogP contribution in [0.1, 0.15) is 56.8 Å². The van der Waals surface area contributed by atoms with Crippen molar-refractivity contribution in [3.63, 3.8) is 0 Å². The van der Waals surface area contributed by atoms with Crippen LogP contribution in [0.3, 0.4) is 0 Å². The zero-order valence-electron chi connectivity index (χ0n) is 13.5. The van der Waals surface area contributed by atoms with Crippen molar-refractivity contribution < 1.29 is 9.53 Å². The van der Waals surface area contributed by atoms with Crippen molar-refractivity contribution >= 4 is 17.5 Å². The molecule has 5 heteroatoms. The molecule has 3 N–H and O–H groups in total. The lowest BCUT2D eigenvalue weighted by atomic mass is 9.87. The molecule has 0 unspecified atom stereocenters. The minimum atomic E-state index is -0.430. The van der Waals surface area contributed by atoms with Gasteiger partial charge in [0.05, 0.1) is 19.0 Å². The highest BCUT2D eigenvalue weighted by atomic mass is 16.5. The molecule has 0 spiro atoms. The molecule has 0 fully saturated rings. The number of hydrogen-bond acceptors (Lipinski definition) is 5. The van der Waals surface area contributed by atoms with Crippen molar-refractivity contribution in [1.29, 1.82) is 0 Å². The molecule has 0 aliphatic rings. The molecule has 1 aromatic heterocycles. The summed E-state index contributed by atoms with van der Waals surface area (Å²) in [6, 6.07) is 1.59. The highest BCUT2D eigenvalue weighted by molar-refractivity contribution is 5.95. The number of aromatic nitrogens is 1. The third-order valence-electron chi connectivity index (χ3n) is 3.51. The Labute approximate surface area is 127 Å². The average molecular weight is 293 g/mol. The van der Waals surface area contributed by atoms with Crippen LogP contribution in [0, 0.1) is 5.41 Å². The van der Waals surface area contributed by atoms with Crippen molar-refractivity contribution in [3.05, 3.63) is 17.8 Å². The molecule has 0 aromatic carbocycles. The Morgan fingerprint density at radius 2 is 2.14 bits per heavy atom. The van der Waals surface area contributed by atoms with Crippen LogP contribution in [0.15, 0.2) is 12.3 Å². The number of nitrogens with two attached hydrogens (primary N) is 1. The lowest BCUT2D eigenvalue weighted by Crippen LogP contribution is -2.24. The molecule has 0 atom stereocenters. The van der Waals surface area contributed by atoms with E-state index in [1.54, 1.807) is 12.3 Å². The van der Waals surface area contributed by atoms with Gasteiger partial charge in [0, 0.05) is 6.54 Å². The van der Waals surface area contributed by atoms with Gasteiger partial charge in [0.25, 0.3) is 0 Å². The predicted octanol–water partition coefficient (Wildman–Crippen LogP) is 3.47. The van der Waals surface area contributed by atoms with Gasteiger partial charge in [0.1, 0.15) is 11.4 Å². The van der Waals surface area contributed by atoms with Crippen molar-refractivity contribution in [1.82, 2.24) is 4.98 Å². The maximum absolute atomic E-state index is 11.8. The first-order chi connectivity index (χ1) is 9.89. The van der Waals surface area contributed by atoms with Crippen LogP contribution in [0.25, 0.3) is 0 Å². The summed E-state index contributed by atoms with van der Waals surface area (Å²) in [5.41, 5.74) is 6.65. The number of nitrogens with one attached hydrogen (secondary N) is 1. The van der Waals surface area contributed by atoms with E-state index in [1.807, 2.05) is 0 Å². The Morgan fingerprint density at radius 1 is 1.43 bits per heavy atom. The van der Waals surface area contributed by atoms with Crippen LogP contribution in [0.2, 0.25) is 0 Å². The molecule has 0 amide bonds. The Kier molecular flexibility index (Phi) is 6.46. The van der Waals surface area contributed by atoms with Crippen LogP contribution < -0.4 is 11.1 Å². The zero-order chi connectivity index (χ0) is 15.9. The van der Waals surface area contributed by atoms with E-state index < -0.39 is 5.97 Å². The second kappa shape index (κ2) is 7.86. The number of methoxy groups -OCH3 is 1. The number of carbonyl (C=O) groups is 1. The Morgan fingerprint density at radius 3 is 2.76 bits per heavy atom. The standard InChI is InChI=1S/C16H27N3O2/c1-5-6-7-8-16(2,3)11-19-14-13(15(20)21-4)9-12(17)10-18-14/h9-10H,5-8,11,17H2,1-4H3,(H,18,19). The second-order valence-electron chi connectivity index (χ2n) is 6.13. The number of pyridine rings is 1. The number of nitrogen functional groups attached to an aromatic ring is 1. The molecule has 1 heterocycles. The SMILES string of the molecule is CCCCCC(C)(C)CNc1ncc(N)cc1C(=O)OC. The van der Waals surface area contributed by atoms with E-state index in [9.17, 15) is 4.79 Å². The highest BCUT2D eigenvalue weighted by Crippen LogP contribution is 2.25. The monoisotopic (exact) mass is 293 g/mol. The minimum absolute atomic E-state index is 0.144. The van der Waals surface area contributed by atoms with Gasteiger partial charge in [-0.2, -0.15) is 0 Å². The quantitative estimate of drug-likeness (QED) is 0.567. The third-order valence-corrected chi connectivity index (χ3v) is 3.51. The molecule has 1 rings (SSSR count). The Hall–Kier alpha value is -1.78. The molecule has 0 aliphatic carbocycles. The van der Waals surface area contributed by atoms with Crippen LogP contribution >= 0.6 is 0 Å². The number of unbranched alkanes of at least 4 members (excludes halogenated alkanes) is 2. The van der Waals surface area contributed by atoms with Crippen LogP contribution in [-0.4, -0.2) is 24.6 Å². The van der Waals surface area contributed by atoms with Gasteiger partial charge >= 0.3 is 5.97 Å². The predicted molar refractivity (Wildman–Crippen MR) is 86.4 cm³/mol. The summed E-state index contributed by atoms with van der Waals surface area (Å²) in [7, 11) is 1.35. The molecule has 1 aromatic rings. The number of hydrogen-bond donors (Lipinski definition) is 2. The summed E-state index contributed by atoms with van der Waals surface area (Å²) in [5, 5.41) is 3.26. The molecular formula is C16H27N3O2. The van der Waals surface area contributed by atoms with E-state index in [1.165, 1.54) is 26.4 Å². The summed E-state index contributed by atoms with van der Waals surface area (Å²) in [4.78, 5) is 16.0. The summed E-state index contributed by atoms with van der Waals surface area (Å²) in [6.45, 7) is 7.37. The van der Waals surface area contributed by atoms with Crippen molar-refractivity contribution in [2.24, 2.45) is 5.41 Å². The lowest BCUT2D eigenvalue weighted by Gasteiger charge is -2.25. The average Bonchev–Trinajstić information content (AvgIpc) is 2.45. The normalized spacial score (nSPS) is 11.2. The van der Waals surface area contributed by atoms with E-state index in [4.69, 9.17) is 10.5 Å². The highest BCUT2D eigenvalue weighted by Gasteiger charge is 2.20. The van der Waals surface area contributed by atoms with Crippen LogP contribution in [0.4, 0.5) is 11.5 Å². The number of anilines is 2. The smallest absolute Gasteiger partial charge is 0.341 e. The fourth-order valence-corrected chi connectivity index (χ4v) is 2.15. The van der Waals surface area contributed by atoms with E-state index in [-0.39, 0.29) is 5.41 Å². The van der Waals surface area contributed by atoms with E-state index >= 15 is 0 Å². The first-order valence-electron chi connectivity index (χ1n) is 7.47. The van der Waals surface area contributed by atoms with Gasteiger partial charge in [-0.3, -0.25) is 0 Å². The van der Waals surface area contributed by atoms with Crippen molar-refractivity contribution in [3.8, 4) is 0 Å². The molecular weight excluding hydrogens is 266 g/mol. The van der Waals surface area contributed by atoms with Crippen molar-refractivity contribution in [2.75, 3.05) is 24.7 Å². The first-order valence-corrected chi connectivity index (χ1v) is 7.47. The topological polar surface area (TPSA) is 77.2 Å². The number of carbonyl (C=O) groups excluding carboxylic acids is 1. The molecule has 0 aliphatic heterocycles. The molecule has 0 radical (unpaired) electrons. The second-order valence-corrected chi connectivity index (χ2v) is 6.13. The molecule has 118 valence electrons. The lowest BCUT2D eigenvalue weighted by molar-refractivity contribution is 0.0601. The maximum Gasteiger partial charge on any atom is 0.341 e. The fraction of sp³-hybridized carbons (Fsp3) is 0.625. The number of esters is 1. The van der Waals surface area contributed by atoms with E-state index in [2.05, 4.69) is 31.1 Å². The summed E-state index contributed by atoms with van der Waals surface area (Å²) >= 11 is 0. The van der Waals surface area contributed by atoms with Gasteiger partial charge in [-0.1, -0.05) is 40.0 Å². The third kappa shape index (κ3) is 5.61. The van der Waals surface area contributed by atoms with Crippen molar-refractivity contribution in [2.45, 2.75) is 46.5 Å². The summed E-state index contributed by atoms with van der Waals surface area (Å²) in [6.07, 6.45) is 6.35. The molecule has 0 saturated carbocycles. The first kappa shape index (κ1) is 17.3. The van der Waals surface area contributed by atoms with Crippen LogP contribution in [-0.2, 0) is 4.74 Å². The van der Waals surface area contributed by atoms with Gasteiger partial charge in [0.15, 0.2) is 0 Å². The van der Waals surface area contributed by atoms with Gasteiger partial charge in [-0.05, 0) is 17.9 Å². The van der Waals surface area contributed by atoms with Gasteiger partial charge in [0.2, 0.25) is 0 Å². The number of nitrogens with zero attached hydrogens (tertiary/aromatic N) is 1. The van der Waals surface area contributed by atoms with E-state index in [0.717, 1.165) is 13.0 Å². The Bertz CT molecular complexity index is 473. The zero-order valence-corrected chi connectivity index (χ0v) is 13.5. The molecule has 21 heavy (non-hydrogen) atoms. The van der Waals surface area contributed by atoms with Gasteiger partial charge in [-0.25, -0.2) is 9.78 Å². The molecule has 0 saturated heterocycles. The Balaban J connectivity index is 2.72. The summed E-state index contributed by atoms with van der Waals surface area (Å²) in [5.74, 6) is 0.0979. The van der Waals surface area contributed by atoms with Gasteiger partial charge in [-0.15, -0.1) is 0 Å². The number of rotatable bonds is 8. The molecule has 0 bridgehead atoms.